The minimum atomic E-state index is -0.00280. The van der Waals surface area contributed by atoms with Crippen molar-refractivity contribution >= 4 is 16.9 Å². The lowest BCUT2D eigenvalue weighted by molar-refractivity contribution is 0.0784. The molecule has 4 heterocycles. The Balaban J connectivity index is 1.63. The van der Waals surface area contributed by atoms with Crippen molar-refractivity contribution in [2.75, 3.05) is 13.1 Å². The quantitative estimate of drug-likeness (QED) is 0.738. The van der Waals surface area contributed by atoms with Crippen molar-refractivity contribution in [1.29, 1.82) is 0 Å². The van der Waals surface area contributed by atoms with Crippen LogP contribution in [0.2, 0.25) is 0 Å². The van der Waals surface area contributed by atoms with E-state index in [1.807, 2.05) is 29.3 Å². The maximum Gasteiger partial charge on any atom is 0.272 e. The molecule has 0 unspecified atom stereocenters. The highest BCUT2D eigenvalue weighted by atomic mass is 16.2. The van der Waals surface area contributed by atoms with Crippen molar-refractivity contribution in [1.82, 2.24) is 24.4 Å². The fourth-order valence-corrected chi connectivity index (χ4v) is 3.60. The van der Waals surface area contributed by atoms with Crippen molar-refractivity contribution in [3.05, 3.63) is 54.4 Å². The van der Waals surface area contributed by atoms with Gasteiger partial charge in [-0.2, -0.15) is 0 Å². The van der Waals surface area contributed by atoms with E-state index in [9.17, 15) is 4.79 Å². The third kappa shape index (κ3) is 2.77. The van der Waals surface area contributed by atoms with Crippen molar-refractivity contribution in [3.63, 3.8) is 0 Å². The molecule has 1 aliphatic heterocycles. The number of nitrogens with zero attached hydrogens (tertiary/aromatic N) is 5. The number of hydrogen-bond donors (Lipinski definition) is 0. The van der Waals surface area contributed by atoms with Gasteiger partial charge >= 0.3 is 0 Å². The summed E-state index contributed by atoms with van der Waals surface area (Å²) in [4.78, 5) is 27.8. The molecule has 4 rings (SSSR count). The van der Waals surface area contributed by atoms with E-state index in [0.29, 0.717) is 18.3 Å². The molecule has 0 aliphatic carbocycles. The first-order valence-corrected chi connectivity index (χ1v) is 8.67. The van der Waals surface area contributed by atoms with Gasteiger partial charge in [-0.05, 0) is 38.5 Å². The summed E-state index contributed by atoms with van der Waals surface area (Å²) in [5.74, 6) is 1.29. The van der Waals surface area contributed by atoms with Crippen molar-refractivity contribution in [2.24, 2.45) is 0 Å². The topological polar surface area (TPSA) is 63.9 Å². The van der Waals surface area contributed by atoms with E-state index in [-0.39, 0.29) is 11.8 Å². The van der Waals surface area contributed by atoms with E-state index in [4.69, 9.17) is 4.98 Å². The van der Waals surface area contributed by atoms with Crippen LogP contribution in [0.5, 0.6) is 0 Å². The zero-order valence-electron chi connectivity index (χ0n) is 14.5. The number of fused-ring (bicyclic) bond motifs is 1. The smallest absolute Gasteiger partial charge is 0.272 e. The molecule has 25 heavy (non-hydrogen) atoms. The molecule has 1 fully saturated rings. The van der Waals surface area contributed by atoms with Crippen molar-refractivity contribution in [2.45, 2.75) is 32.2 Å². The van der Waals surface area contributed by atoms with Gasteiger partial charge in [0.2, 0.25) is 0 Å². The van der Waals surface area contributed by atoms with Crippen LogP contribution in [0.4, 0.5) is 0 Å². The highest BCUT2D eigenvalue weighted by Crippen LogP contribution is 2.31. The summed E-state index contributed by atoms with van der Waals surface area (Å²) in [5, 5.41) is 0. The Morgan fingerprint density at radius 1 is 1.24 bits per heavy atom. The average Bonchev–Trinajstić information content (AvgIpc) is 3.26. The molecule has 3 aromatic heterocycles. The maximum absolute atomic E-state index is 12.6. The maximum atomic E-state index is 12.6. The van der Waals surface area contributed by atoms with Gasteiger partial charge in [-0.3, -0.25) is 14.8 Å². The Labute approximate surface area is 146 Å². The van der Waals surface area contributed by atoms with Crippen LogP contribution in [0.25, 0.3) is 11.0 Å². The number of carbonyl (C=O) groups is 1. The largest absolute Gasteiger partial charge is 0.337 e. The molecule has 6 nitrogen and oxygen atoms in total. The molecule has 1 amide bonds. The number of imidazole rings is 1. The SMILES string of the molecule is CC(C)n1c([C@H]2CCN(C(=O)c3ccccn3)C2)nc2ccncc21. The molecule has 1 aliphatic rings. The molecule has 0 radical (unpaired) electrons. The van der Waals surface area contributed by atoms with Crippen LogP contribution in [0, 0.1) is 0 Å². The standard InChI is InChI=1S/C19H21N5O/c1-13(2)24-17-11-20-9-6-15(17)22-18(24)14-7-10-23(12-14)19(25)16-5-3-4-8-21-16/h3-6,8-9,11,13-14H,7,10,12H2,1-2H3/t14-/m0/s1. The van der Waals surface area contributed by atoms with Gasteiger partial charge in [0.15, 0.2) is 0 Å². The van der Waals surface area contributed by atoms with Crippen molar-refractivity contribution < 1.29 is 4.79 Å². The van der Waals surface area contributed by atoms with Crippen LogP contribution in [0.3, 0.4) is 0 Å². The zero-order chi connectivity index (χ0) is 17.4. The first-order chi connectivity index (χ1) is 12.1. The van der Waals surface area contributed by atoms with Crippen LogP contribution >= 0.6 is 0 Å². The Kier molecular flexibility index (Phi) is 3.95. The summed E-state index contributed by atoms with van der Waals surface area (Å²) in [7, 11) is 0. The van der Waals surface area contributed by atoms with Crippen LogP contribution < -0.4 is 0 Å². The van der Waals surface area contributed by atoms with Gasteiger partial charge in [-0.25, -0.2) is 4.98 Å². The third-order valence-corrected chi connectivity index (χ3v) is 4.76. The van der Waals surface area contributed by atoms with Gasteiger partial charge in [0.05, 0.1) is 17.2 Å². The first kappa shape index (κ1) is 15.7. The predicted molar refractivity (Wildman–Crippen MR) is 95.4 cm³/mol. The van der Waals surface area contributed by atoms with E-state index < -0.39 is 0 Å². The van der Waals surface area contributed by atoms with Gasteiger partial charge in [0.1, 0.15) is 11.5 Å². The second kappa shape index (κ2) is 6.27. The lowest BCUT2D eigenvalue weighted by Gasteiger charge is -2.18. The number of aromatic nitrogens is 4. The molecule has 0 spiro atoms. The number of amides is 1. The van der Waals surface area contributed by atoms with E-state index in [0.717, 1.165) is 29.8 Å². The third-order valence-electron chi connectivity index (χ3n) is 4.76. The Morgan fingerprint density at radius 2 is 2.12 bits per heavy atom. The summed E-state index contributed by atoms with van der Waals surface area (Å²) < 4.78 is 2.25. The first-order valence-electron chi connectivity index (χ1n) is 8.67. The van der Waals surface area contributed by atoms with Crippen LogP contribution in [-0.4, -0.2) is 43.4 Å². The summed E-state index contributed by atoms with van der Waals surface area (Å²) >= 11 is 0. The molecule has 3 aromatic rings. The summed E-state index contributed by atoms with van der Waals surface area (Å²) in [5.41, 5.74) is 2.53. The minimum absolute atomic E-state index is 0.00280. The Bertz CT molecular complexity index is 903. The zero-order valence-corrected chi connectivity index (χ0v) is 14.5. The minimum Gasteiger partial charge on any atom is -0.337 e. The molecule has 0 bridgehead atoms. The second-order valence-corrected chi connectivity index (χ2v) is 6.75. The highest BCUT2D eigenvalue weighted by Gasteiger charge is 2.32. The molecular formula is C19H21N5O. The Morgan fingerprint density at radius 3 is 2.88 bits per heavy atom. The van der Waals surface area contributed by atoms with E-state index in [2.05, 4.69) is 28.4 Å². The monoisotopic (exact) mass is 335 g/mol. The highest BCUT2D eigenvalue weighted by molar-refractivity contribution is 5.92. The average molecular weight is 335 g/mol. The number of hydrogen-bond acceptors (Lipinski definition) is 4. The summed E-state index contributed by atoms with van der Waals surface area (Å²) in [6, 6.07) is 7.68. The number of likely N-dealkylation sites (tertiary alicyclic amines) is 1. The van der Waals surface area contributed by atoms with Gasteiger partial charge < -0.3 is 9.47 Å². The molecule has 0 saturated carbocycles. The van der Waals surface area contributed by atoms with Gasteiger partial charge in [0, 0.05) is 37.4 Å². The van der Waals surface area contributed by atoms with E-state index in [1.54, 1.807) is 18.5 Å². The predicted octanol–water partition coefficient (Wildman–Crippen LogP) is 3.04. The Hall–Kier alpha value is -2.76. The van der Waals surface area contributed by atoms with Crippen molar-refractivity contribution in [3.8, 4) is 0 Å². The lowest BCUT2D eigenvalue weighted by Crippen LogP contribution is -2.29. The van der Waals surface area contributed by atoms with Gasteiger partial charge in [-0.15, -0.1) is 0 Å². The summed E-state index contributed by atoms with van der Waals surface area (Å²) in [6.07, 6.45) is 6.22. The number of pyridine rings is 2. The van der Waals surface area contributed by atoms with E-state index in [1.165, 1.54) is 0 Å². The second-order valence-electron chi connectivity index (χ2n) is 6.75. The molecule has 1 atom stereocenters. The normalized spacial score (nSPS) is 17.6. The molecule has 6 heteroatoms. The van der Waals surface area contributed by atoms with E-state index >= 15 is 0 Å². The number of carbonyl (C=O) groups excluding carboxylic acids is 1. The van der Waals surface area contributed by atoms with Crippen LogP contribution in [-0.2, 0) is 0 Å². The lowest BCUT2D eigenvalue weighted by atomic mass is 10.1. The molecule has 0 aromatic carbocycles. The molecule has 0 N–H and O–H groups in total. The van der Waals surface area contributed by atoms with Gasteiger partial charge in [-0.1, -0.05) is 6.07 Å². The fourth-order valence-electron chi connectivity index (χ4n) is 3.60. The van der Waals surface area contributed by atoms with Crippen LogP contribution in [0.15, 0.2) is 42.9 Å². The molecular weight excluding hydrogens is 314 g/mol. The fraction of sp³-hybridized carbons (Fsp3) is 0.368. The number of rotatable bonds is 3. The van der Waals surface area contributed by atoms with Gasteiger partial charge in [0.25, 0.3) is 5.91 Å². The molecule has 1 saturated heterocycles. The summed E-state index contributed by atoms with van der Waals surface area (Å²) in [6.45, 7) is 5.73. The van der Waals surface area contributed by atoms with Crippen LogP contribution in [0.1, 0.15) is 48.5 Å². The molecule has 128 valence electrons.